The van der Waals surface area contributed by atoms with Crippen LogP contribution in [0.3, 0.4) is 0 Å². The summed E-state index contributed by atoms with van der Waals surface area (Å²) >= 11 is 5.93. The molecular weight excluding hydrogens is 356 g/mol. The maximum atomic E-state index is 11.7. The van der Waals surface area contributed by atoms with Crippen LogP contribution in [0, 0.1) is 20.8 Å². The highest BCUT2D eigenvalue weighted by Crippen LogP contribution is 2.21. The molecule has 7 heteroatoms. The van der Waals surface area contributed by atoms with Gasteiger partial charge in [0.05, 0.1) is 0 Å². The zero-order chi connectivity index (χ0) is 19.1. The summed E-state index contributed by atoms with van der Waals surface area (Å²) in [6, 6.07) is 10.8. The monoisotopic (exact) mass is 376 g/mol. The second-order valence-electron chi connectivity index (χ2n) is 5.85. The molecule has 0 aliphatic heterocycles. The van der Waals surface area contributed by atoms with E-state index in [-0.39, 0.29) is 13.2 Å². The zero-order valence-corrected chi connectivity index (χ0v) is 15.6. The summed E-state index contributed by atoms with van der Waals surface area (Å²) in [6.07, 6.45) is 0. The van der Waals surface area contributed by atoms with Gasteiger partial charge in [-0.1, -0.05) is 29.3 Å². The summed E-state index contributed by atoms with van der Waals surface area (Å²) in [4.78, 5) is 23.5. The van der Waals surface area contributed by atoms with Crippen LogP contribution in [-0.2, 0) is 9.59 Å². The average Bonchev–Trinajstić information content (AvgIpc) is 2.60. The van der Waals surface area contributed by atoms with E-state index in [1.807, 2.05) is 32.9 Å². The number of rotatable bonds is 6. The largest absolute Gasteiger partial charge is 0.484 e. The smallest absolute Gasteiger partial charge is 0.276 e. The van der Waals surface area contributed by atoms with Crippen molar-refractivity contribution in [2.24, 2.45) is 0 Å². The van der Waals surface area contributed by atoms with Crippen molar-refractivity contribution in [1.82, 2.24) is 10.9 Å². The Balaban J connectivity index is 1.71. The van der Waals surface area contributed by atoms with Crippen molar-refractivity contribution < 1.29 is 19.1 Å². The molecule has 2 aromatic carbocycles. The van der Waals surface area contributed by atoms with Gasteiger partial charge in [0.15, 0.2) is 13.2 Å². The lowest BCUT2D eigenvalue weighted by Crippen LogP contribution is -2.45. The van der Waals surface area contributed by atoms with Gasteiger partial charge in [-0.3, -0.25) is 20.4 Å². The van der Waals surface area contributed by atoms with E-state index in [2.05, 4.69) is 10.9 Å². The predicted octanol–water partition coefficient (Wildman–Crippen LogP) is 2.87. The maximum Gasteiger partial charge on any atom is 0.276 e. The third-order valence-corrected chi connectivity index (χ3v) is 3.95. The lowest BCUT2D eigenvalue weighted by Gasteiger charge is -2.11. The van der Waals surface area contributed by atoms with Gasteiger partial charge in [0, 0.05) is 5.02 Å². The standard InChI is InChI=1S/C19H21ClN2O4/c1-12-4-7-17(14(3)8-12)26-11-19(24)22-21-18(23)10-25-15-5-6-16(20)13(2)9-15/h4-9H,10-11H2,1-3H3,(H,21,23)(H,22,24). The fourth-order valence-corrected chi connectivity index (χ4v) is 2.29. The number of amides is 2. The fourth-order valence-electron chi connectivity index (χ4n) is 2.17. The third kappa shape index (κ3) is 5.97. The first kappa shape index (κ1) is 19.6. The maximum absolute atomic E-state index is 11.7. The number of ether oxygens (including phenoxy) is 2. The lowest BCUT2D eigenvalue weighted by atomic mass is 10.1. The van der Waals surface area contributed by atoms with E-state index in [1.54, 1.807) is 24.3 Å². The Kier molecular flexibility index (Phi) is 6.86. The minimum absolute atomic E-state index is 0.207. The lowest BCUT2D eigenvalue weighted by molar-refractivity contribution is -0.131. The van der Waals surface area contributed by atoms with E-state index < -0.39 is 11.8 Å². The van der Waals surface area contributed by atoms with Gasteiger partial charge in [0.25, 0.3) is 11.8 Å². The SMILES string of the molecule is Cc1ccc(OCC(=O)NNC(=O)COc2ccc(Cl)c(C)c2)c(C)c1. The quantitative estimate of drug-likeness (QED) is 0.760. The van der Waals surface area contributed by atoms with Gasteiger partial charge in [-0.05, 0) is 56.2 Å². The molecule has 2 rings (SSSR count). The van der Waals surface area contributed by atoms with Crippen molar-refractivity contribution in [2.45, 2.75) is 20.8 Å². The van der Waals surface area contributed by atoms with Crippen LogP contribution in [0.5, 0.6) is 11.5 Å². The first-order valence-electron chi connectivity index (χ1n) is 8.02. The number of carbonyl (C=O) groups is 2. The van der Waals surface area contributed by atoms with Gasteiger partial charge >= 0.3 is 0 Å². The normalized spacial score (nSPS) is 10.2. The Morgan fingerprint density at radius 2 is 1.54 bits per heavy atom. The molecule has 138 valence electrons. The van der Waals surface area contributed by atoms with Crippen molar-refractivity contribution in [3.63, 3.8) is 0 Å². The minimum atomic E-state index is -0.488. The van der Waals surface area contributed by atoms with Gasteiger partial charge in [0.2, 0.25) is 0 Å². The highest BCUT2D eigenvalue weighted by atomic mass is 35.5. The molecule has 2 N–H and O–H groups in total. The molecule has 0 saturated carbocycles. The zero-order valence-electron chi connectivity index (χ0n) is 14.9. The molecule has 0 aliphatic carbocycles. The summed E-state index contributed by atoms with van der Waals surface area (Å²) in [5, 5.41) is 0.623. The molecule has 0 saturated heterocycles. The first-order valence-corrected chi connectivity index (χ1v) is 8.39. The summed E-state index contributed by atoms with van der Waals surface area (Å²) in [6.45, 7) is 5.27. The number of nitrogens with one attached hydrogen (secondary N) is 2. The van der Waals surface area contributed by atoms with Crippen LogP contribution in [0.25, 0.3) is 0 Å². The number of hydrazine groups is 1. The predicted molar refractivity (Wildman–Crippen MR) is 99.4 cm³/mol. The van der Waals surface area contributed by atoms with Gasteiger partial charge < -0.3 is 9.47 Å². The molecule has 6 nitrogen and oxygen atoms in total. The Morgan fingerprint density at radius 3 is 2.15 bits per heavy atom. The highest BCUT2D eigenvalue weighted by Gasteiger charge is 2.08. The van der Waals surface area contributed by atoms with E-state index in [4.69, 9.17) is 21.1 Å². The van der Waals surface area contributed by atoms with Crippen molar-refractivity contribution in [3.05, 3.63) is 58.1 Å². The van der Waals surface area contributed by atoms with Crippen LogP contribution in [0.1, 0.15) is 16.7 Å². The highest BCUT2D eigenvalue weighted by molar-refractivity contribution is 6.31. The Labute approximate surface area is 157 Å². The Morgan fingerprint density at radius 1 is 0.885 bits per heavy atom. The van der Waals surface area contributed by atoms with E-state index in [9.17, 15) is 9.59 Å². The summed E-state index contributed by atoms with van der Waals surface area (Å²) in [5.41, 5.74) is 7.45. The molecule has 0 unspecified atom stereocenters. The first-order chi connectivity index (χ1) is 12.3. The average molecular weight is 377 g/mol. The van der Waals surface area contributed by atoms with Gasteiger partial charge in [-0.25, -0.2) is 0 Å². The minimum Gasteiger partial charge on any atom is -0.484 e. The molecule has 2 amide bonds. The molecule has 26 heavy (non-hydrogen) atoms. The molecule has 0 bridgehead atoms. The number of aryl methyl sites for hydroxylation is 3. The Bertz CT molecular complexity index is 808. The van der Waals surface area contributed by atoms with Gasteiger partial charge in [0.1, 0.15) is 11.5 Å². The van der Waals surface area contributed by atoms with E-state index >= 15 is 0 Å². The summed E-state index contributed by atoms with van der Waals surface area (Å²) < 4.78 is 10.8. The molecule has 0 fully saturated rings. The van der Waals surface area contributed by atoms with Crippen LogP contribution in [0.15, 0.2) is 36.4 Å². The molecule has 2 aromatic rings. The van der Waals surface area contributed by atoms with E-state index in [0.717, 1.165) is 16.7 Å². The molecule has 0 radical (unpaired) electrons. The van der Waals surface area contributed by atoms with E-state index in [0.29, 0.717) is 16.5 Å². The van der Waals surface area contributed by atoms with Crippen LogP contribution < -0.4 is 20.3 Å². The van der Waals surface area contributed by atoms with Crippen molar-refractivity contribution in [1.29, 1.82) is 0 Å². The van der Waals surface area contributed by atoms with Crippen molar-refractivity contribution in [2.75, 3.05) is 13.2 Å². The van der Waals surface area contributed by atoms with Crippen LogP contribution in [0.2, 0.25) is 5.02 Å². The number of carbonyl (C=O) groups excluding carboxylic acids is 2. The summed E-state index contributed by atoms with van der Waals surface area (Å²) in [7, 11) is 0. The van der Waals surface area contributed by atoms with Crippen molar-refractivity contribution in [3.8, 4) is 11.5 Å². The van der Waals surface area contributed by atoms with Gasteiger partial charge in [-0.2, -0.15) is 0 Å². The second kappa shape index (κ2) is 9.10. The fraction of sp³-hybridized carbons (Fsp3) is 0.263. The molecule has 0 spiro atoms. The summed E-state index contributed by atoms with van der Waals surface area (Å²) in [5.74, 6) is 0.184. The molecule has 0 aromatic heterocycles. The van der Waals surface area contributed by atoms with Crippen molar-refractivity contribution >= 4 is 23.4 Å². The van der Waals surface area contributed by atoms with Crippen LogP contribution >= 0.6 is 11.6 Å². The molecular formula is C19H21ClN2O4. The van der Waals surface area contributed by atoms with Gasteiger partial charge in [-0.15, -0.1) is 0 Å². The Hall–Kier alpha value is -2.73. The number of hydrogen-bond acceptors (Lipinski definition) is 4. The number of benzene rings is 2. The number of hydrogen-bond donors (Lipinski definition) is 2. The third-order valence-electron chi connectivity index (χ3n) is 3.53. The van der Waals surface area contributed by atoms with Crippen LogP contribution in [-0.4, -0.2) is 25.0 Å². The topological polar surface area (TPSA) is 76.7 Å². The second-order valence-corrected chi connectivity index (χ2v) is 6.26. The number of halogens is 1. The molecule has 0 aliphatic rings. The van der Waals surface area contributed by atoms with E-state index in [1.165, 1.54) is 0 Å². The molecule has 0 heterocycles. The molecule has 0 atom stereocenters. The van der Waals surface area contributed by atoms with Crippen LogP contribution in [0.4, 0.5) is 0 Å².